The van der Waals surface area contributed by atoms with E-state index in [4.69, 9.17) is 9.15 Å². The van der Waals surface area contributed by atoms with Gasteiger partial charge in [-0.1, -0.05) is 0 Å². The second-order valence-corrected chi connectivity index (χ2v) is 6.04. The van der Waals surface area contributed by atoms with E-state index in [0.717, 1.165) is 0 Å². The smallest absolute Gasteiger partial charge is 0.321 e. The average Bonchev–Trinajstić information content (AvgIpc) is 3.15. The summed E-state index contributed by atoms with van der Waals surface area (Å²) in [4.78, 5) is 48.4. The van der Waals surface area contributed by atoms with Crippen LogP contribution in [0.3, 0.4) is 0 Å². The summed E-state index contributed by atoms with van der Waals surface area (Å²) in [5, 5.41) is 4.53. The van der Waals surface area contributed by atoms with Crippen LogP contribution < -0.4 is 10.6 Å². The summed E-state index contributed by atoms with van der Waals surface area (Å²) in [5.74, 6) is -1.57. The standard InChI is InChI=1S/C16H21N3O6/c1-10(2)17-16(23)18-13(20)9-25-15(22)11-6-14(21)19(7-11)8-12-4-3-5-24-12/h3-5,10-11H,6-9H2,1-2H3,(H2,17,18,20,23)/t11-/m0/s1. The van der Waals surface area contributed by atoms with E-state index < -0.39 is 30.4 Å². The summed E-state index contributed by atoms with van der Waals surface area (Å²) in [6, 6.07) is 2.68. The molecule has 2 N–H and O–H groups in total. The Morgan fingerprint density at radius 2 is 2.16 bits per heavy atom. The van der Waals surface area contributed by atoms with Gasteiger partial charge in [-0.05, 0) is 26.0 Å². The normalized spacial score (nSPS) is 16.8. The predicted molar refractivity (Wildman–Crippen MR) is 85.0 cm³/mol. The summed E-state index contributed by atoms with van der Waals surface area (Å²) in [6.07, 6.45) is 1.53. The number of hydrogen-bond donors (Lipinski definition) is 2. The zero-order valence-corrected chi connectivity index (χ0v) is 14.1. The van der Waals surface area contributed by atoms with E-state index in [0.29, 0.717) is 5.76 Å². The quantitative estimate of drug-likeness (QED) is 0.717. The van der Waals surface area contributed by atoms with Crippen molar-refractivity contribution in [3.05, 3.63) is 24.2 Å². The SMILES string of the molecule is CC(C)NC(=O)NC(=O)COC(=O)[C@H]1CC(=O)N(Cc2ccco2)C1. The number of esters is 1. The van der Waals surface area contributed by atoms with Gasteiger partial charge in [0.05, 0.1) is 18.7 Å². The third kappa shape index (κ3) is 5.63. The van der Waals surface area contributed by atoms with Gasteiger partial charge in [0.2, 0.25) is 5.91 Å². The first-order valence-electron chi connectivity index (χ1n) is 7.92. The lowest BCUT2D eigenvalue weighted by Crippen LogP contribution is -2.44. The topological polar surface area (TPSA) is 118 Å². The predicted octanol–water partition coefficient (Wildman–Crippen LogP) is 0.406. The molecule has 4 amide bonds. The Hall–Kier alpha value is -2.84. The zero-order valence-electron chi connectivity index (χ0n) is 14.1. The number of furan rings is 1. The molecule has 0 aliphatic carbocycles. The lowest BCUT2D eigenvalue weighted by Gasteiger charge is -2.14. The van der Waals surface area contributed by atoms with E-state index in [9.17, 15) is 19.2 Å². The molecule has 9 heteroatoms. The van der Waals surface area contributed by atoms with E-state index in [2.05, 4.69) is 5.32 Å². The minimum Gasteiger partial charge on any atom is -0.467 e. The summed E-state index contributed by atoms with van der Waals surface area (Å²) in [5.41, 5.74) is 0. The highest BCUT2D eigenvalue weighted by molar-refractivity contribution is 5.96. The van der Waals surface area contributed by atoms with Crippen molar-refractivity contribution in [2.45, 2.75) is 32.9 Å². The van der Waals surface area contributed by atoms with Crippen molar-refractivity contribution >= 4 is 23.8 Å². The average molecular weight is 351 g/mol. The molecule has 0 spiro atoms. The number of imide groups is 1. The second-order valence-electron chi connectivity index (χ2n) is 6.04. The van der Waals surface area contributed by atoms with E-state index >= 15 is 0 Å². The van der Waals surface area contributed by atoms with Gasteiger partial charge in [-0.3, -0.25) is 19.7 Å². The van der Waals surface area contributed by atoms with Crippen LogP contribution in [0.2, 0.25) is 0 Å². The highest BCUT2D eigenvalue weighted by Crippen LogP contribution is 2.21. The van der Waals surface area contributed by atoms with Crippen LogP contribution in [-0.2, 0) is 25.7 Å². The maximum absolute atomic E-state index is 12.0. The molecule has 136 valence electrons. The van der Waals surface area contributed by atoms with Gasteiger partial charge in [0.1, 0.15) is 5.76 Å². The van der Waals surface area contributed by atoms with Crippen molar-refractivity contribution < 1.29 is 28.3 Å². The Balaban J connectivity index is 1.75. The van der Waals surface area contributed by atoms with Gasteiger partial charge in [-0.2, -0.15) is 0 Å². The molecule has 1 saturated heterocycles. The Morgan fingerprint density at radius 3 is 2.80 bits per heavy atom. The van der Waals surface area contributed by atoms with Gasteiger partial charge in [-0.15, -0.1) is 0 Å². The van der Waals surface area contributed by atoms with Crippen molar-refractivity contribution in [3.8, 4) is 0 Å². The first-order chi connectivity index (χ1) is 11.8. The molecule has 9 nitrogen and oxygen atoms in total. The van der Waals surface area contributed by atoms with Crippen molar-refractivity contribution in [1.82, 2.24) is 15.5 Å². The fourth-order valence-corrected chi connectivity index (χ4v) is 2.39. The van der Waals surface area contributed by atoms with Crippen molar-refractivity contribution in [2.75, 3.05) is 13.2 Å². The maximum atomic E-state index is 12.0. The molecule has 0 aromatic carbocycles. The number of hydrogen-bond acceptors (Lipinski definition) is 6. The number of urea groups is 1. The molecule has 1 aliphatic heterocycles. The van der Waals surface area contributed by atoms with Crippen molar-refractivity contribution in [3.63, 3.8) is 0 Å². The molecule has 1 aromatic heterocycles. The second kappa shape index (κ2) is 8.32. The highest BCUT2D eigenvalue weighted by atomic mass is 16.5. The van der Waals surface area contributed by atoms with Crippen LogP contribution in [0.4, 0.5) is 4.79 Å². The van der Waals surface area contributed by atoms with E-state index in [1.54, 1.807) is 26.0 Å². The van der Waals surface area contributed by atoms with Gasteiger partial charge in [0, 0.05) is 19.0 Å². The molecule has 1 fully saturated rings. The number of rotatable bonds is 6. The number of nitrogens with one attached hydrogen (secondary N) is 2. The number of carbonyl (C=O) groups excluding carboxylic acids is 4. The molecule has 0 radical (unpaired) electrons. The molecule has 2 heterocycles. The van der Waals surface area contributed by atoms with Gasteiger partial charge in [0.25, 0.3) is 5.91 Å². The Morgan fingerprint density at radius 1 is 1.40 bits per heavy atom. The number of amides is 4. The minimum absolute atomic E-state index is 0.0228. The van der Waals surface area contributed by atoms with Gasteiger partial charge in [-0.25, -0.2) is 4.79 Å². The maximum Gasteiger partial charge on any atom is 0.321 e. The molecule has 1 atom stereocenters. The van der Waals surface area contributed by atoms with Crippen LogP contribution >= 0.6 is 0 Å². The molecule has 0 saturated carbocycles. The molecule has 25 heavy (non-hydrogen) atoms. The van der Waals surface area contributed by atoms with Gasteiger partial charge >= 0.3 is 12.0 Å². The lowest BCUT2D eigenvalue weighted by atomic mass is 10.1. The first kappa shape index (κ1) is 18.5. The van der Waals surface area contributed by atoms with Crippen LogP contribution in [0.1, 0.15) is 26.0 Å². The van der Waals surface area contributed by atoms with Gasteiger partial charge < -0.3 is 19.4 Å². The largest absolute Gasteiger partial charge is 0.467 e. The Kier molecular flexibility index (Phi) is 6.15. The molecule has 0 unspecified atom stereocenters. The monoisotopic (exact) mass is 351 g/mol. The summed E-state index contributed by atoms with van der Waals surface area (Å²) >= 11 is 0. The van der Waals surface area contributed by atoms with E-state index in [1.807, 2.05) is 5.32 Å². The summed E-state index contributed by atoms with van der Waals surface area (Å²) < 4.78 is 10.1. The van der Waals surface area contributed by atoms with Crippen LogP contribution in [0, 0.1) is 5.92 Å². The Bertz CT molecular complexity index is 640. The van der Waals surface area contributed by atoms with Crippen LogP contribution in [0.5, 0.6) is 0 Å². The van der Waals surface area contributed by atoms with Crippen LogP contribution in [0.15, 0.2) is 22.8 Å². The van der Waals surface area contributed by atoms with E-state index in [-0.39, 0.29) is 31.5 Å². The van der Waals surface area contributed by atoms with Crippen molar-refractivity contribution in [1.29, 1.82) is 0 Å². The summed E-state index contributed by atoms with van der Waals surface area (Å²) in [6.45, 7) is 3.40. The molecule has 2 rings (SSSR count). The number of likely N-dealkylation sites (tertiary alicyclic amines) is 1. The molecule has 0 bridgehead atoms. The third-order valence-electron chi connectivity index (χ3n) is 3.49. The fourth-order valence-electron chi connectivity index (χ4n) is 2.39. The Labute approximate surface area is 144 Å². The molecule has 1 aromatic rings. The first-order valence-corrected chi connectivity index (χ1v) is 7.92. The molecule has 1 aliphatic rings. The molecular formula is C16H21N3O6. The van der Waals surface area contributed by atoms with Crippen LogP contribution in [0.25, 0.3) is 0 Å². The number of carbonyl (C=O) groups is 4. The number of ether oxygens (including phenoxy) is 1. The number of nitrogens with zero attached hydrogens (tertiary/aromatic N) is 1. The highest BCUT2D eigenvalue weighted by Gasteiger charge is 2.35. The summed E-state index contributed by atoms with van der Waals surface area (Å²) in [7, 11) is 0. The third-order valence-corrected chi connectivity index (χ3v) is 3.49. The van der Waals surface area contributed by atoms with Crippen LogP contribution in [-0.4, -0.2) is 47.9 Å². The lowest BCUT2D eigenvalue weighted by molar-refractivity contribution is -0.152. The minimum atomic E-state index is -0.733. The van der Waals surface area contributed by atoms with E-state index in [1.165, 1.54) is 11.2 Å². The van der Waals surface area contributed by atoms with Gasteiger partial charge in [0.15, 0.2) is 6.61 Å². The molecular weight excluding hydrogens is 330 g/mol. The van der Waals surface area contributed by atoms with Crippen molar-refractivity contribution in [2.24, 2.45) is 5.92 Å². The zero-order chi connectivity index (χ0) is 18.4. The fraction of sp³-hybridized carbons (Fsp3) is 0.500.